The van der Waals surface area contributed by atoms with Gasteiger partial charge < -0.3 is 0 Å². The Bertz CT molecular complexity index is 13.8. The molecule has 0 N–H and O–H groups in total. The Labute approximate surface area is 133 Å². The van der Waals surface area contributed by atoms with Crippen LogP contribution >= 0.6 is 0 Å². The van der Waals surface area contributed by atoms with Crippen LogP contribution in [0.2, 0.25) is 0 Å². The van der Waals surface area contributed by atoms with Crippen LogP contribution in [0.5, 0.6) is 0 Å². The monoisotopic (exact) mass is 486 g/mol. The Morgan fingerprint density at radius 1 is 0.556 bits per heavy atom. The molecule has 0 unspecified atom stereocenters. The molecule has 0 nitrogen and oxygen atoms in total. The van der Waals surface area contributed by atoms with Gasteiger partial charge in [0.15, 0.2) is 0 Å². The van der Waals surface area contributed by atoms with Crippen LogP contribution in [-0.4, -0.2) is 0 Å². The Balaban J connectivity index is 0. The average Bonchev–Trinajstić information content (AvgIpc) is 0. The van der Waals surface area contributed by atoms with Gasteiger partial charge in [-0.2, -0.15) is 0 Å². The van der Waals surface area contributed by atoms with Gasteiger partial charge in [0.25, 0.3) is 0 Å². The van der Waals surface area contributed by atoms with Crippen LogP contribution in [0.15, 0.2) is 0 Å². The van der Waals surface area contributed by atoms with Crippen LogP contribution < -0.4 is 0 Å². The smallest absolute Gasteiger partial charge is 0.0776 e. The fraction of sp³-hybridized carbons (Fsp3) is 1.00. The first-order chi connectivity index (χ1) is 0. The molecule has 9 heavy (non-hydrogen) atoms. The average molecular weight is 487 g/mol. The first kappa shape index (κ1) is 132. The molecule has 0 aromatic carbocycles. The molecule has 0 bridgehead atoms. The summed E-state index contributed by atoms with van der Waals surface area (Å²) in [4.78, 5) is 0. The third-order valence-electron chi connectivity index (χ3n) is 0. The van der Waals surface area contributed by atoms with Crippen LogP contribution in [0.25, 0.3) is 0 Å². The van der Waals surface area contributed by atoms with Crippen molar-refractivity contribution in [1.29, 1.82) is 0 Å². The first-order valence-electron chi connectivity index (χ1n) is 0. The zero-order valence-electron chi connectivity index (χ0n) is 2.02. The van der Waals surface area contributed by atoms with E-state index in [1.165, 1.54) is 0 Å². The van der Waals surface area contributed by atoms with Crippen LogP contribution in [-0.2, 0) is 113 Å². The molecule has 0 amide bonds. The zero-order valence-corrected chi connectivity index (χ0v) is 9.40. The third-order valence-corrected chi connectivity index (χ3v) is 0. The van der Waals surface area contributed by atoms with Crippen molar-refractivity contribution in [1.82, 2.24) is 0 Å². The van der Waals surface area contributed by atoms with Gasteiger partial charge in [0.1, 0.15) is 0 Å². The second-order valence-electron chi connectivity index (χ2n) is 0. The van der Waals surface area contributed by atoms with E-state index >= 15 is 0 Å². The molecular weight excluding hydrogens is 475 g/mol. The normalized spacial score (nSPS) is 0. The first-order valence-corrected chi connectivity index (χ1v) is 0. The summed E-state index contributed by atoms with van der Waals surface area (Å²) in [6.07, 6.45) is 0. The molecule has 0 heterocycles. The van der Waals surface area contributed by atoms with Crippen LogP contribution in [0.1, 0.15) is 22.3 Å². The third kappa shape index (κ3) is 83.4. The van der Waals surface area contributed by atoms with E-state index in [-0.39, 0.29) is 135 Å². The van der Waals surface area contributed by atoms with E-state index in [4.69, 9.17) is 0 Å². The Morgan fingerprint density at radius 3 is 0.556 bits per heavy atom. The maximum atomic E-state index is 0. The van der Waals surface area contributed by atoms with Crippen molar-refractivity contribution in [3.05, 3.63) is 0 Å². The van der Waals surface area contributed by atoms with E-state index in [1.54, 1.807) is 0 Å². The standard InChI is InChI=1S/3CH4.2Ag.4Fe/h3*1H4;;;;;;/q;;;;+1;+2;3*+3. The molecule has 0 atom stereocenters. The molecule has 0 fully saturated rings. The molecule has 0 spiro atoms. The van der Waals surface area contributed by atoms with Crippen LogP contribution in [0, 0.1) is 0 Å². The molecular formula is C3H12Ag2Fe4+12. The number of hydrogen-bond acceptors (Lipinski definition) is 0. The summed E-state index contributed by atoms with van der Waals surface area (Å²) in [6, 6.07) is 0. The Kier molecular flexibility index (Phi) is 1500. The molecule has 0 saturated heterocycles. The molecule has 0 aliphatic carbocycles. The van der Waals surface area contributed by atoms with Gasteiger partial charge in [0.2, 0.25) is 0 Å². The second-order valence-corrected chi connectivity index (χ2v) is 0. The predicted molar refractivity (Wildman–Crippen MR) is 20.2 cm³/mol. The van der Waals surface area contributed by atoms with Crippen molar-refractivity contribution in [2.24, 2.45) is 0 Å². The Hall–Kier alpha value is 3.56. The summed E-state index contributed by atoms with van der Waals surface area (Å²) in [7, 11) is 0. The minimum absolute atomic E-state index is 0. The van der Waals surface area contributed by atoms with Crippen molar-refractivity contribution < 1.29 is 113 Å². The van der Waals surface area contributed by atoms with Gasteiger partial charge in [0, 0.05) is 22.4 Å². The topological polar surface area (TPSA) is 0 Å². The number of rotatable bonds is 0. The molecule has 4 radical (unpaired) electrons. The maximum Gasteiger partial charge on any atom is 3.00 e. The van der Waals surface area contributed by atoms with Gasteiger partial charge in [-0.05, 0) is 0 Å². The fourth-order valence-corrected chi connectivity index (χ4v) is 0. The van der Waals surface area contributed by atoms with E-state index < -0.39 is 0 Å². The van der Waals surface area contributed by atoms with E-state index in [1.807, 2.05) is 0 Å². The zero-order chi connectivity index (χ0) is 0. The molecule has 0 aromatic heterocycles. The summed E-state index contributed by atoms with van der Waals surface area (Å²) in [5, 5.41) is 0. The summed E-state index contributed by atoms with van der Waals surface area (Å²) < 4.78 is 0. The van der Waals surface area contributed by atoms with Gasteiger partial charge in [-0.1, -0.05) is 22.3 Å². The van der Waals surface area contributed by atoms with Gasteiger partial charge in [-0.15, -0.1) is 0 Å². The molecule has 0 rings (SSSR count). The SMILES string of the molecule is C.C.C.[Ag+].[Ag].[Fe+2].[Fe+3].[Fe+3].[Fe+3]. The second kappa shape index (κ2) is 102. The molecule has 0 aromatic rings. The minimum atomic E-state index is 0. The van der Waals surface area contributed by atoms with E-state index in [2.05, 4.69) is 0 Å². The van der Waals surface area contributed by atoms with Gasteiger partial charge in [-0.25, -0.2) is 0 Å². The fourth-order valence-electron chi connectivity index (χ4n) is 0. The van der Waals surface area contributed by atoms with Crippen molar-refractivity contribution in [2.45, 2.75) is 22.3 Å². The van der Waals surface area contributed by atoms with Gasteiger partial charge in [0.05, 0.1) is 0 Å². The quantitative estimate of drug-likeness (QED) is 0.459. The van der Waals surface area contributed by atoms with Crippen LogP contribution in [0.4, 0.5) is 0 Å². The minimum Gasteiger partial charge on any atom is -0.0776 e. The molecule has 66 valence electrons. The van der Waals surface area contributed by atoms with E-state index in [0.717, 1.165) is 0 Å². The van der Waals surface area contributed by atoms with Crippen LogP contribution in [0.3, 0.4) is 0 Å². The van der Waals surface area contributed by atoms with Gasteiger partial charge in [-0.3, -0.25) is 0 Å². The van der Waals surface area contributed by atoms with Crippen molar-refractivity contribution in [3.63, 3.8) is 0 Å². The molecule has 6 heteroatoms. The van der Waals surface area contributed by atoms with Crippen molar-refractivity contribution in [2.75, 3.05) is 0 Å². The molecule has 0 aliphatic heterocycles. The van der Waals surface area contributed by atoms with Gasteiger partial charge >= 0.3 is 90.7 Å². The number of hydrogen-bond donors (Lipinski definition) is 0. The van der Waals surface area contributed by atoms with Crippen molar-refractivity contribution in [3.8, 4) is 0 Å². The Morgan fingerprint density at radius 2 is 0.556 bits per heavy atom. The van der Waals surface area contributed by atoms with Crippen molar-refractivity contribution >= 4 is 0 Å². The summed E-state index contributed by atoms with van der Waals surface area (Å²) in [5.74, 6) is 0. The maximum absolute atomic E-state index is 0. The summed E-state index contributed by atoms with van der Waals surface area (Å²) in [6.45, 7) is 0. The largest absolute Gasteiger partial charge is 3.00 e. The predicted octanol–water partition coefficient (Wildman–Crippen LogP) is 1.89. The van der Waals surface area contributed by atoms with E-state index in [9.17, 15) is 0 Å². The van der Waals surface area contributed by atoms with E-state index in [0.29, 0.717) is 0 Å². The molecule has 0 saturated carbocycles. The summed E-state index contributed by atoms with van der Waals surface area (Å²) in [5.41, 5.74) is 0. The summed E-state index contributed by atoms with van der Waals surface area (Å²) >= 11 is 0. The molecule has 0 aliphatic rings.